The molecule has 6 heteroatoms. The third-order valence-electron chi connectivity index (χ3n) is 2.95. The van der Waals surface area contributed by atoms with E-state index in [-0.39, 0.29) is 11.9 Å². The molecule has 0 bridgehead atoms. The van der Waals surface area contributed by atoms with Crippen LogP contribution in [0.5, 0.6) is 0 Å². The average molecular weight is 323 g/mol. The Balaban J connectivity index is 2.10. The lowest BCUT2D eigenvalue weighted by Gasteiger charge is -2.14. The highest BCUT2D eigenvalue weighted by molar-refractivity contribution is 9.10. The number of aromatic nitrogens is 2. The molecule has 0 aliphatic rings. The SMILES string of the molecule is CC(NC(=O)c1cnn(C)c1N)c1ccc(Br)cc1. The molecule has 1 heterocycles. The Morgan fingerprint density at radius 1 is 1.42 bits per heavy atom. The van der Waals surface area contributed by atoms with Crippen molar-refractivity contribution in [3.63, 3.8) is 0 Å². The molecule has 5 nitrogen and oxygen atoms in total. The van der Waals surface area contributed by atoms with Crippen LogP contribution in [0.4, 0.5) is 5.82 Å². The molecule has 1 aromatic carbocycles. The second-order valence-corrected chi connectivity index (χ2v) is 5.23. The quantitative estimate of drug-likeness (QED) is 0.910. The number of carbonyl (C=O) groups is 1. The van der Waals surface area contributed by atoms with Crippen molar-refractivity contribution in [3.8, 4) is 0 Å². The van der Waals surface area contributed by atoms with Crippen molar-refractivity contribution in [2.45, 2.75) is 13.0 Å². The molecule has 0 saturated heterocycles. The summed E-state index contributed by atoms with van der Waals surface area (Å²) in [7, 11) is 1.70. The van der Waals surface area contributed by atoms with E-state index in [1.165, 1.54) is 10.9 Å². The highest BCUT2D eigenvalue weighted by atomic mass is 79.9. The predicted octanol–water partition coefficient (Wildman–Crippen LogP) is 2.26. The molecular formula is C13H15BrN4O. The third kappa shape index (κ3) is 2.96. The van der Waals surface area contributed by atoms with Crippen LogP contribution in [-0.4, -0.2) is 15.7 Å². The van der Waals surface area contributed by atoms with Crippen molar-refractivity contribution in [3.05, 3.63) is 46.1 Å². The third-order valence-corrected chi connectivity index (χ3v) is 3.48. The lowest BCUT2D eigenvalue weighted by atomic mass is 10.1. The summed E-state index contributed by atoms with van der Waals surface area (Å²) >= 11 is 3.38. The van der Waals surface area contributed by atoms with E-state index in [1.54, 1.807) is 7.05 Å². The fourth-order valence-electron chi connectivity index (χ4n) is 1.73. The van der Waals surface area contributed by atoms with E-state index in [4.69, 9.17) is 5.73 Å². The Kier molecular flexibility index (Phi) is 3.90. The maximum atomic E-state index is 12.1. The Labute approximate surface area is 119 Å². The number of hydrogen-bond acceptors (Lipinski definition) is 3. The van der Waals surface area contributed by atoms with Crippen molar-refractivity contribution in [1.82, 2.24) is 15.1 Å². The number of aryl methyl sites for hydroxylation is 1. The molecule has 1 aromatic heterocycles. The lowest BCUT2D eigenvalue weighted by molar-refractivity contribution is 0.0941. The van der Waals surface area contributed by atoms with E-state index in [0.717, 1.165) is 10.0 Å². The van der Waals surface area contributed by atoms with Gasteiger partial charge in [-0.15, -0.1) is 0 Å². The molecule has 0 radical (unpaired) electrons. The second kappa shape index (κ2) is 5.44. The maximum Gasteiger partial charge on any atom is 0.257 e. The number of halogens is 1. The average Bonchev–Trinajstić information content (AvgIpc) is 2.70. The molecule has 100 valence electrons. The van der Waals surface area contributed by atoms with Gasteiger partial charge in [0, 0.05) is 11.5 Å². The van der Waals surface area contributed by atoms with Crippen LogP contribution in [0.1, 0.15) is 28.9 Å². The van der Waals surface area contributed by atoms with Crippen molar-refractivity contribution in [1.29, 1.82) is 0 Å². The minimum absolute atomic E-state index is 0.0970. The summed E-state index contributed by atoms with van der Waals surface area (Å²) in [4.78, 5) is 12.1. The van der Waals surface area contributed by atoms with Gasteiger partial charge in [-0.25, -0.2) is 0 Å². The molecule has 1 amide bonds. The van der Waals surface area contributed by atoms with Crippen LogP contribution in [-0.2, 0) is 7.05 Å². The van der Waals surface area contributed by atoms with Crippen LogP contribution in [0.3, 0.4) is 0 Å². The number of hydrogen-bond donors (Lipinski definition) is 2. The molecular weight excluding hydrogens is 308 g/mol. The molecule has 0 saturated carbocycles. The van der Waals surface area contributed by atoms with Crippen LogP contribution in [0.2, 0.25) is 0 Å². The van der Waals surface area contributed by atoms with Crippen molar-refractivity contribution >= 4 is 27.7 Å². The molecule has 0 fully saturated rings. The molecule has 2 aromatic rings. The lowest BCUT2D eigenvalue weighted by Crippen LogP contribution is -2.27. The fourth-order valence-corrected chi connectivity index (χ4v) is 2.00. The van der Waals surface area contributed by atoms with Gasteiger partial charge in [0.05, 0.1) is 12.2 Å². The highest BCUT2D eigenvalue weighted by Crippen LogP contribution is 2.18. The van der Waals surface area contributed by atoms with E-state index in [1.807, 2.05) is 31.2 Å². The number of carbonyl (C=O) groups excluding carboxylic acids is 1. The Bertz CT molecular complexity index is 591. The van der Waals surface area contributed by atoms with Gasteiger partial charge in [-0.05, 0) is 24.6 Å². The number of rotatable bonds is 3. The van der Waals surface area contributed by atoms with Gasteiger partial charge in [0.2, 0.25) is 0 Å². The molecule has 0 aliphatic heterocycles. The Hall–Kier alpha value is -1.82. The summed E-state index contributed by atoms with van der Waals surface area (Å²) in [5, 5.41) is 6.85. The normalized spacial score (nSPS) is 12.2. The van der Waals surface area contributed by atoms with Gasteiger partial charge in [0.1, 0.15) is 11.4 Å². The van der Waals surface area contributed by atoms with Crippen LogP contribution in [0, 0.1) is 0 Å². The topological polar surface area (TPSA) is 72.9 Å². The van der Waals surface area contributed by atoms with Gasteiger partial charge >= 0.3 is 0 Å². The van der Waals surface area contributed by atoms with Gasteiger partial charge < -0.3 is 11.1 Å². The number of benzene rings is 1. The van der Waals surface area contributed by atoms with E-state index in [2.05, 4.69) is 26.3 Å². The van der Waals surface area contributed by atoms with Crippen LogP contribution < -0.4 is 11.1 Å². The molecule has 1 atom stereocenters. The van der Waals surface area contributed by atoms with Crippen LogP contribution in [0.15, 0.2) is 34.9 Å². The van der Waals surface area contributed by atoms with Crippen molar-refractivity contribution < 1.29 is 4.79 Å². The minimum atomic E-state index is -0.221. The standard InChI is InChI=1S/C13H15BrN4O/c1-8(9-3-5-10(14)6-4-9)17-13(19)11-7-16-18(2)12(11)15/h3-8H,15H2,1-2H3,(H,17,19). The fraction of sp³-hybridized carbons (Fsp3) is 0.231. The van der Waals surface area contributed by atoms with Gasteiger partial charge in [-0.2, -0.15) is 5.10 Å². The van der Waals surface area contributed by atoms with Crippen LogP contribution in [0.25, 0.3) is 0 Å². The second-order valence-electron chi connectivity index (χ2n) is 4.31. The molecule has 1 unspecified atom stereocenters. The van der Waals surface area contributed by atoms with Crippen molar-refractivity contribution in [2.24, 2.45) is 7.05 Å². The zero-order valence-electron chi connectivity index (χ0n) is 10.7. The summed E-state index contributed by atoms with van der Waals surface area (Å²) in [5.41, 5.74) is 7.19. The zero-order chi connectivity index (χ0) is 14.0. The molecule has 0 aliphatic carbocycles. The monoisotopic (exact) mass is 322 g/mol. The van der Waals surface area contributed by atoms with Crippen molar-refractivity contribution in [2.75, 3.05) is 5.73 Å². The van der Waals surface area contributed by atoms with E-state index >= 15 is 0 Å². The van der Waals surface area contributed by atoms with Gasteiger partial charge in [0.25, 0.3) is 5.91 Å². The van der Waals surface area contributed by atoms with Gasteiger partial charge in [-0.1, -0.05) is 28.1 Å². The number of nitrogens with one attached hydrogen (secondary N) is 1. The summed E-state index contributed by atoms with van der Waals surface area (Å²) < 4.78 is 2.48. The zero-order valence-corrected chi connectivity index (χ0v) is 12.3. The number of nitrogens with zero attached hydrogens (tertiary/aromatic N) is 2. The molecule has 19 heavy (non-hydrogen) atoms. The Morgan fingerprint density at radius 3 is 2.58 bits per heavy atom. The van der Waals surface area contributed by atoms with Gasteiger partial charge in [-0.3, -0.25) is 9.48 Å². The highest BCUT2D eigenvalue weighted by Gasteiger charge is 2.16. The smallest absolute Gasteiger partial charge is 0.257 e. The molecule has 2 rings (SSSR count). The summed E-state index contributed by atoms with van der Waals surface area (Å²) in [6, 6.07) is 7.70. The first-order chi connectivity index (χ1) is 8.99. The summed E-state index contributed by atoms with van der Waals surface area (Å²) in [6.07, 6.45) is 1.47. The Morgan fingerprint density at radius 2 is 2.05 bits per heavy atom. The first-order valence-electron chi connectivity index (χ1n) is 5.83. The number of nitrogens with two attached hydrogens (primary N) is 1. The van der Waals surface area contributed by atoms with E-state index in [9.17, 15) is 4.79 Å². The summed E-state index contributed by atoms with van der Waals surface area (Å²) in [5.74, 6) is 0.140. The first-order valence-corrected chi connectivity index (χ1v) is 6.62. The number of anilines is 1. The summed E-state index contributed by atoms with van der Waals surface area (Å²) in [6.45, 7) is 1.92. The minimum Gasteiger partial charge on any atom is -0.383 e. The van der Waals surface area contributed by atoms with E-state index < -0.39 is 0 Å². The maximum absolute atomic E-state index is 12.1. The number of amides is 1. The largest absolute Gasteiger partial charge is 0.383 e. The molecule has 0 spiro atoms. The van der Waals surface area contributed by atoms with E-state index in [0.29, 0.717) is 11.4 Å². The van der Waals surface area contributed by atoms with Gasteiger partial charge in [0.15, 0.2) is 0 Å². The molecule has 3 N–H and O–H groups in total. The van der Waals surface area contributed by atoms with Crippen LogP contribution >= 0.6 is 15.9 Å². The number of nitrogen functional groups attached to an aromatic ring is 1. The first kappa shape index (κ1) is 13.6. The predicted molar refractivity (Wildman–Crippen MR) is 77.6 cm³/mol.